The highest BCUT2D eigenvalue weighted by Gasteiger charge is 2.39. The number of alkyl halides is 3. The van der Waals surface area contributed by atoms with Crippen LogP contribution in [0.25, 0.3) is 22.0 Å². The fraction of sp³-hybridized carbons (Fsp3) is 0.440. The third kappa shape index (κ3) is 4.60. The van der Waals surface area contributed by atoms with Crippen molar-refractivity contribution in [2.75, 3.05) is 30.8 Å². The average molecular weight is 556 g/mol. The largest absolute Gasteiger partial charge is 0.417 e. The Morgan fingerprint density at radius 2 is 1.81 bits per heavy atom. The normalized spacial score (nSPS) is 22.9. The molecule has 0 bridgehead atoms. The number of rotatable bonds is 2. The molecule has 1 saturated heterocycles. The van der Waals surface area contributed by atoms with E-state index in [-0.39, 0.29) is 56.6 Å². The van der Waals surface area contributed by atoms with Crippen LogP contribution >= 0.6 is 23.4 Å². The van der Waals surface area contributed by atoms with Crippen molar-refractivity contribution in [3.8, 4) is 11.1 Å². The van der Waals surface area contributed by atoms with Crippen LogP contribution in [0.15, 0.2) is 34.0 Å². The molecule has 37 heavy (non-hydrogen) atoms. The van der Waals surface area contributed by atoms with Gasteiger partial charge in [-0.3, -0.25) is 9.47 Å². The van der Waals surface area contributed by atoms with Gasteiger partial charge in [-0.1, -0.05) is 17.7 Å². The van der Waals surface area contributed by atoms with Gasteiger partial charge in [0.2, 0.25) is 0 Å². The van der Waals surface area contributed by atoms with Crippen molar-refractivity contribution in [3.63, 3.8) is 0 Å². The van der Waals surface area contributed by atoms with E-state index in [2.05, 4.69) is 9.88 Å². The van der Waals surface area contributed by atoms with Crippen LogP contribution < -0.4 is 16.3 Å². The van der Waals surface area contributed by atoms with E-state index in [1.165, 1.54) is 16.7 Å². The van der Waals surface area contributed by atoms with Gasteiger partial charge in [-0.2, -0.15) is 18.2 Å². The Morgan fingerprint density at radius 3 is 2.43 bits per heavy atom. The number of thioether (sulfide) groups is 1. The summed E-state index contributed by atoms with van der Waals surface area (Å²) < 4.78 is 59.2. The summed E-state index contributed by atoms with van der Waals surface area (Å²) in [6.07, 6.45) is -4.74. The van der Waals surface area contributed by atoms with Crippen molar-refractivity contribution in [2.45, 2.75) is 49.6 Å². The van der Waals surface area contributed by atoms with Crippen LogP contribution in [0.4, 0.5) is 23.4 Å². The van der Waals surface area contributed by atoms with Crippen LogP contribution in [0, 0.1) is 5.82 Å². The van der Waals surface area contributed by atoms with E-state index in [4.69, 9.17) is 17.3 Å². The van der Waals surface area contributed by atoms with Crippen molar-refractivity contribution in [3.05, 3.63) is 51.2 Å². The van der Waals surface area contributed by atoms with Crippen molar-refractivity contribution < 1.29 is 17.6 Å². The summed E-state index contributed by atoms with van der Waals surface area (Å²) in [7, 11) is 2.00. The maximum Gasteiger partial charge on any atom is 0.417 e. The predicted molar refractivity (Wildman–Crippen MR) is 139 cm³/mol. The molecule has 0 radical (unpaired) electrons. The minimum atomic E-state index is -4.74. The van der Waals surface area contributed by atoms with Crippen LogP contribution in [0.1, 0.15) is 19.4 Å². The third-order valence-electron chi connectivity index (χ3n) is 7.23. The summed E-state index contributed by atoms with van der Waals surface area (Å²) in [5.41, 5.74) is 5.08. The van der Waals surface area contributed by atoms with Gasteiger partial charge < -0.3 is 10.6 Å². The number of halogens is 5. The van der Waals surface area contributed by atoms with Crippen molar-refractivity contribution >= 4 is 40.1 Å². The van der Waals surface area contributed by atoms with Crippen LogP contribution in [-0.2, 0) is 12.7 Å². The SMILES string of the molecule is CC1CN(c2nc(=O)n3c4c(c(-c5ccc(F)c(Cl)c5)c(C(F)(F)F)cc24)SCC(N)C3)CC(C)N1C. The standard InChI is InChI=1S/C25H26ClF4N5OS/c1-12-8-34(9-13(2)33(12)3)23-16-7-17(25(28,29)30)20(14-4-5-19(27)18(26)6-14)22-21(16)35(24(36)32-23)10-15(31)11-37-22/h4-7,12-13,15H,8-11,31H2,1-3H3. The van der Waals surface area contributed by atoms with E-state index in [1.807, 2.05) is 25.8 Å². The molecular formula is C25H26ClF4N5OS. The molecule has 2 aliphatic heterocycles. The Kier molecular flexibility index (Phi) is 6.71. The molecule has 2 N–H and O–H groups in total. The number of aromatic nitrogens is 2. The molecule has 0 saturated carbocycles. The number of hydrogen-bond acceptors (Lipinski definition) is 6. The fourth-order valence-electron chi connectivity index (χ4n) is 5.16. The highest BCUT2D eigenvalue weighted by Crippen LogP contribution is 2.48. The third-order valence-corrected chi connectivity index (χ3v) is 8.80. The zero-order valence-corrected chi connectivity index (χ0v) is 22.0. The van der Waals surface area contributed by atoms with Gasteiger partial charge in [0.15, 0.2) is 0 Å². The van der Waals surface area contributed by atoms with Gasteiger partial charge in [0.05, 0.1) is 16.1 Å². The maximum atomic E-state index is 14.6. The van der Waals surface area contributed by atoms with E-state index in [0.29, 0.717) is 18.6 Å². The van der Waals surface area contributed by atoms with Crippen molar-refractivity contribution in [2.24, 2.45) is 5.73 Å². The van der Waals surface area contributed by atoms with Gasteiger partial charge in [-0.05, 0) is 44.7 Å². The second-order valence-corrected chi connectivity index (χ2v) is 11.3. The van der Waals surface area contributed by atoms with Crippen LogP contribution in [-0.4, -0.2) is 58.5 Å². The molecule has 12 heteroatoms. The molecule has 0 aliphatic carbocycles. The summed E-state index contributed by atoms with van der Waals surface area (Å²) in [6, 6.07) is 4.28. The predicted octanol–water partition coefficient (Wildman–Crippen LogP) is 4.84. The van der Waals surface area contributed by atoms with Gasteiger partial charge >= 0.3 is 11.9 Å². The number of anilines is 1. The molecule has 198 valence electrons. The molecule has 0 spiro atoms. The Labute approximate surface area is 220 Å². The minimum Gasteiger partial charge on any atom is -0.353 e. The molecule has 2 aliphatic rings. The molecule has 3 unspecified atom stereocenters. The van der Waals surface area contributed by atoms with E-state index in [0.717, 1.165) is 23.9 Å². The van der Waals surface area contributed by atoms with Crippen LogP contribution in [0.5, 0.6) is 0 Å². The van der Waals surface area contributed by atoms with E-state index >= 15 is 0 Å². The topological polar surface area (TPSA) is 67.4 Å². The molecule has 1 aromatic heterocycles. The summed E-state index contributed by atoms with van der Waals surface area (Å²) in [5.74, 6) is -0.214. The zero-order valence-electron chi connectivity index (χ0n) is 20.4. The Hall–Kier alpha value is -2.34. The number of piperazine rings is 1. The Morgan fingerprint density at radius 1 is 1.14 bits per heavy atom. The lowest BCUT2D eigenvalue weighted by molar-refractivity contribution is -0.137. The number of nitrogens with zero attached hydrogens (tertiary/aromatic N) is 4. The first-order chi connectivity index (χ1) is 17.4. The quantitative estimate of drug-likeness (QED) is 0.457. The fourth-order valence-corrected chi connectivity index (χ4v) is 6.56. The lowest BCUT2D eigenvalue weighted by Crippen LogP contribution is -2.55. The van der Waals surface area contributed by atoms with Crippen LogP contribution in [0.3, 0.4) is 0 Å². The smallest absolute Gasteiger partial charge is 0.353 e. The Bertz CT molecular complexity index is 1430. The number of likely N-dealkylation sites (N-methyl/N-ethyl adjacent to an activating group) is 1. The first-order valence-corrected chi connectivity index (χ1v) is 13.2. The number of benzene rings is 2. The van der Waals surface area contributed by atoms with E-state index in [1.54, 1.807) is 0 Å². The summed E-state index contributed by atoms with van der Waals surface area (Å²) in [5, 5.41) is -0.0501. The molecule has 0 amide bonds. The average Bonchev–Trinajstić information content (AvgIpc) is 3.00. The highest BCUT2D eigenvalue weighted by atomic mass is 35.5. The summed E-state index contributed by atoms with van der Waals surface area (Å²) in [4.78, 5) is 22.0. The van der Waals surface area contributed by atoms with Crippen molar-refractivity contribution in [1.82, 2.24) is 14.5 Å². The first-order valence-electron chi connectivity index (χ1n) is 11.9. The maximum absolute atomic E-state index is 14.6. The molecule has 1 fully saturated rings. The Balaban J connectivity index is 1.88. The van der Waals surface area contributed by atoms with Gasteiger partial charge in [0.1, 0.15) is 11.6 Å². The molecular weight excluding hydrogens is 530 g/mol. The monoisotopic (exact) mass is 555 g/mol. The second-order valence-electron chi connectivity index (χ2n) is 9.82. The van der Waals surface area contributed by atoms with Gasteiger partial charge in [-0.15, -0.1) is 11.8 Å². The molecule has 3 atom stereocenters. The molecule has 6 nitrogen and oxygen atoms in total. The lowest BCUT2D eigenvalue weighted by atomic mass is 9.96. The summed E-state index contributed by atoms with van der Waals surface area (Å²) in [6.45, 7) is 5.18. The van der Waals surface area contributed by atoms with Gasteiger partial charge in [0.25, 0.3) is 0 Å². The van der Waals surface area contributed by atoms with Crippen molar-refractivity contribution in [1.29, 1.82) is 0 Å². The summed E-state index contributed by atoms with van der Waals surface area (Å²) >= 11 is 7.14. The molecule has 5 rings (SSSR count). The van der Waals surface area contributed by atoms with E-state index < -0.39 is 29.3 Å². The van der Waals surface area contributed by atoms with E-state index in [9.17, 15) is 22.4 Å². The molecule has 3 heterocycles. The first kappa shape index (κ1) is 26.3. The highest BCUT2D eigenvalue weighted by molar-refractivity contribution is 7.99. The molecule has 3 aromatic rings. The lowest BCUT2D eigenvalue weighted by Gasteiger charge is -2.43. The minimum absolute atomic E-state index is 0.101. The zero-order chi connectivity index (χ0) is 26.8. The van der Waals surface area contributed by atoms with Gasteiger partial charge in [0, 0.05) is 59.4 Å². The number of hydrogen-bond donors (Lipinski definition) is 1. The number of nitrogens with two attached hydrogens (primary N) is 1. The van der Waals surface area contributed by atoms with Crippen LogP contribution in [0.2, 0.25) is 5.02 Å². The molecule has 2 aromatic carbocycles. The second kappa shape index (κ2) is 9.44. The van der Waals surface area contributed by atoms with Gasteiger partial charge in [-0.25, -0.2) is 9.18 Å².